The van der Waals surface area contributed by atoms with Gasteiger partial charge < -0.3 is 83.9 Å². The normalized spacial score (nSPS) is 57.8. The highest BCUT2D eigenvalue weighted by Crippen LogP contribution is 2.80. The minimum absolute atomic E-state index is 0.0656. The minimum atomic E-state index is -1.79. The van der Waals surface area contributed by atoms with E-state index in [2.05, 4.69) is 47.6 Å². The van der Waals surface area contributed by atoms with Gasteiger partial charge in [0.25, 0.3) is 0 Å². The Labute approximate surface area is 376 Å². The van der Waals surface area contributed by atoms with Gasteiger partial charge in [0.05, 0.1) is 43.7 Å². The second-order valence-electron chi connectivity index (χ2n) is 23.0. The van der Waals surface area contributed by atoms with Crippen molar-refractivity contribution in [2.45, 2.75) is 216 Å². The van der Waals surface area contributed by atoms with Crippen LogP contribution in [0.3, 0.4) is 0 Å². The summed E-state index contributed by atoms with van der Waals surface area (Å²) in [4.78, 5) is 0. The van der Waals surface area contributed by atoms with Crippen LogP contribution < -0.4 is 0 Å². The Morgan fingerprint density at radius 3 is 2.09 bits per heavy atom. The molecule has 0 aromatic heterocycles. The van der Waals surface area contributed by atoms with E-state index in [0.717, 1.165) is 44.1 Å². The maximum Gasteiger partial charge on any atom is 0.187 e. The number of ether oxygens (including phenoxy) is 8. The average molecular weight is 913 g/mol. The molecular weight excluding hydrogens is 836 g/mol. The molecule has 5 saturated heterocycles. The molecule has 0 radical (unpaired) electrons. The van der Waals surface area contributed by atoms with E-state index in [1.54, 1.807) is 0 Å². The number of aliphatic hydroxyl groups excluding tert-OH is 8. The quantitative estimate of drug-likeness (QED) is 0.122. The predicted octanol–water partition coefficient (Wildman–Crippen LogP) is 0.994. The van der Waals surface area contributed by atoms with E-state index in [1.807, 2.05) is 6.92 Å². The monoisotopic (exact) mass is 913 g/mol. The van der Waals surface area contributed by atoms with E-state index in [0.29, 0.717) is 25.4 Å². The summed E-state index contributed by atoms with van der Waals surface area (Å²) < 4.78 is 51.0. The summed E-state index contributed by atoms with van der Waals surface area (Å²) in [5.74, 6) is -0.0364. The second-order valence-corrected chi connectivity index (χ2v) is 23.0. The first kappa shape index (κ1) is 48.1. The number of rotatable bonds is 8. The topological polar surface area (TPSA) is 256 Å². The van der Waals surface area contributed by atoms with Crippen molar-refractivity contribution in [1.29, 1.82) is 0 Å². The molecule has 2 bridgehead atoms. The SMILES string of the molecule is CC(C)=C[C@H]1C[C@](C)(O)[C@@H]2[C@H]3CC[C@@H]4[C@@]5(C)CC[C@H](O[C@@H]6OC[C@H](O)[C@H](O[C@@H]7O[C@H](CO)[C@@H](O)[C@H](O)[C@H]7O)[C@H]6O[C@@H]6O[C@@H](C)[C@@H](O)[C@@H](O)[C@H]6O)C(C)(C)[C@@H]5CC[C@@]4(C)[C@@]34CO[C@@]2(C4)O1. The van der Waals surface area contributed by atoms with E-state index < -0.39 is 116 Å². The predicted molar refractivity (Wildman–Crippen MR) is 223 cm³/mol. The Kier molecular flexibility index (Phi) is 12.5. The highest BCUT2D eigenvalue weighted by atomic mass is 16.8. The van der Waals surface area contributed by atoms with Crippen LogP contribution in [-0.4, -0.2) is 175 Å². The Morgan fingerprint density at radius 1 is 0.734 bits per heavy atom. The molecule has 9 aliphatic rings. The summed E-state index contributed by atoms with van der Waals surface area (Å²) in [5, 5.41) is 97.7. The molecule has 0 amide bonds. The highest BCUT2D eigenvalue weighted by Gasteiger charge is 2.81. The summed E-state index contributed by atoms with van der Waals surface area (Å²) in [6.45, 7) is 16.7. The van der Waals surface area contributed by atoms with Gasteiger partial charge in [-0.05, 0) is 100 Å². The van der Waals surface area contributed by atoms with Gasteiger partial charge in [-0.25, -0.2) is 0 Å². The summed E-state index contributed by atoms with van der Waals surface area (Å²) in [6.07, 6.45) is -12.6. The van der Waals surface area contributed by atoms with E-state index in [4.69, 9.17) is 37.9 Å². The Balaban J connectivity index is 0.974. The van der Waals surface area contributed by atoms with E-state index in [9.17, 15) is 46.0 Å². The zero-order valence-electron chi connectivity index (χ0n) is 38.7. The fourth-order valence-electron chi connectivity index (χ4n) is 15.8. The number of fused-ring (bicyclic) bond motifs is 4. The van der Waals surface area contributed by atoms with Gasteiger partial charge in [0.15, 0.2) is 24.7 Å². The first-order chi connectivity index (χ1) is 29.9. The zero-order chi connectivity index (χ0) is 46.3. The van der Waals surface area contributed by atoms with Crippen molar-refractivity contribution >= 4 is 0 Å². The molecule has 25 atom stereocenters. The first-order valence-corrected chi connectivity index (χ1v) is 23.9. The van der Waals surface area contributed by atoms with Crippen LogP contribution in [-0.2, 0) is 37.9 Å². The van der Waals surface area contributed by atoms with Crippen molar-refractivity contribution in [2.75, 3.05) is 19.8 Å². The van der Waals surface area contributed by atoms with E-state index in [-0.39, 0.29) is 46.7 Å². The summed E-state index contributed by atoms with van der Waals surface area (Å²) in [7, 11) is 0. The smallest absolute Gasteiger partial charge is 0.187 e. The summed E-state index contributed by atoms with van der Waals surface area (Å²) in [5.41, 5.74) is -0.471. The number of hydrogen-bond acceptors (Lipinski definition) is 17. The van der Waals surface area contributed by atoms with E-state index in [1.165, 1.54) is 6.92 Å². The number of aliphatic hydroxyl groups is 9. The third kappa shape index (κ3) is 7.19. The van der Waals surface area contributed by atoms with Gasteiger partial charge >= 0.3 is 0 Å². The standard InChI is InChI=1S/C47H76O17/c1-21(2)15-23-16-45(8,56)38-24-9-10-28-43(6)13-12-29(42(4,5)27(43)11-14-44(28,7)46(24)19-47(38,64-23)58-20-46)61-41-37(63-39-34(54)32(52)30(50)22(3)59-39)36(25(49)18-57-41)62-40-35(55)33(53)31(51)26(17-48)60-40/h15,22-41,48-56H,9-14,16-20H2,1-8H3/t22-,23-,24+,25-,26+,27-,28+,29-,30+,31+,32+,33-,34+,35+,36-,37+,38-,39-,40-,41-,43-,44+,45-,46-,47-/m0/s1. The fraction of sp³-hybridized carbons (Fsp3) is 0.957. The number of allylic oxidation sites excluding steroid dienone is 1. The van der Waals surface area contributed by atoms with Gasteiger partial charge in [-0.15, -0.1) is 0 Å². The van der Waals surface area contributed by atoms with Gasteiger partial charge in [0.2, 0.25) is 0 Å². The summed E-state index contributed by atoms with van der Waals surface area (Å²) in [6, 6.07) is 0. The van der Waals surface area contributed by atoms with Crippen molar-refractivity contribution in [1.82, 2.24) is 0 Å². The maximum absolute atomic E-state index is 12.2. The molecule has 5 aliphatic heterocycles. The molecule has 0 unspecified atom stereocenters. The lowest BCUT2D eigenvalue weighted by atomic mass is 9.35. The third-order valence-corrected chi connectivity index (χ3v) is 18.7. The van der Waals surface area contributed by atoms with Gasteiger partial charge in [0.1, 0.15) is 61.0 Å². The lowest BCUT2D eigenvalue weighted by Gasteiger charge is -2.70. The molecule has 9 rings (SSSR count). The molecule has 0 aromatic rings. The molecule has 9 fully saturated rings. The lowest BCUT2D eigenvalue weighted by molar-refractivity contribution is -0.388. The van der Waals surface area contributed by atoms with Crippen LogP contribution in [0.1, 0.15) is 107 Å². The molecule has 64 heavy (non-hydrogen) atoms. The molecule has 17 heteroatoms. The first-order valence-electron chi connectivity index (χ1n) is 23.9. The van der Waals surface area contributed by atoms with Crippen molar-refractivity contribution in [2.24, 2.45) is 45.3 Å². The van der Waals surface area contributed by atoms with Gasteiger partial charge in [0, 0.05) is 24.2 Å². The van der Waals surface area contributed by atoms with Gasteiger partial charge in [-0.3, -0.25) is 0 Å². The van der Waals surface area contributed by atoms with Crippen LogP contribution in [0.4, 0.5) is 0 Å². The van der Waals surface area contributed by atoms with Crippen LogP contribution >= 0.6 is 0 Å². The van der Waals surface area contributed by atoms with Crippen molar-refractivity contribution in [3.63, 3.8) is 0 Å². The van der Waals surface area contributed by atoms with Crippen LogP contribution in [0.25, 0.3) is 0 Å². The van der Waals surface area contributed by atoms with Gasteiger partial charge in [-0.2, -0.15) is 0 Å². The van der Waals surface area contributed by atoms with Gasteiger partial charge in [-0.1, -0.05) is 39.3 Å². The van der Waals surface area contributed by atoms with Crippen molar-refractivity contribution in [3.05, 3.63) is 11.6 Å². The minimum Gasteiger partial charge on any atom is -0.394 e. The molecule has 4 saturated carbocycles. The molecule has 5 heterocycles. The van der Waals surface area contributed by atoms with Crippen LogP contribution in [0.2, 0.25) is 0 Å². The summed E-state index contributed by atoms with van der Waals surface area (Å²) >= 11 is 0. The molecule has 17 nitrogen and oxygen atoms in total. The Morgan fingerprint density at radius 2 is 1.41 bits per heavy atom. The fourth-order valence-corrected chi connectivity index (χ4v) is 15.8. The molecule has 9 N–H and O–H groups in total. The van der Waals surface area contributed by atoms with Crippen LogP contribution in [0.5, 0.6) is 0 Å². The average Bonchev–Trinajstić information content (AvgIpc) is 3.74. The Bertz CT molecular complexity index is 1740. The third-order valence-electron chi connectivity index (χ3n) is 18.7. The molecule has 2 spiro atoms. The highest BCUT2D eigenvalue weighted by molar-refractivity contribution is 5.26. The van der Waals surface area contributed by atoms with Crippen molar-refractivity contribution < 1.29 is 83.9 Å². The molecular formula is C47H76O17. The zero-order valence-corrected chi connectivity index (χ0v) is 38.7. The molecule has 4 aliphatic carbocycles. The Hall–Kier alpha value is -0.940. The number of hydrogen-bond donors (Lipinski definition) is 9. The largest absolute Gasteiger partial charge is 0.394 e. The molecule has 366 valence electrons. The lowest BCUT2D eigenvalue weighted by Crippen LogP contribution is -2.68. The second kappa shape index (κ2) is 16.6. The van der Waals surface area contributed by atoms with Crippen LogP contribution in [0, 0.1) is 45.3 Å². The van der Waals surface area contributed by atoms with Crippen LogP contribution in [0.15, 0.2) is 11.6 Å². The maximum atomic E-state index is 12.2. The molecule has 0 aromatic carbocycles. The van der Waals surface area contributed by atoms with Crippen molar-refractivity contribution in [3.8, 4) is 0 Å². The van der Waals surface area contributed by atoms with E-state index >= 15 is 0 Å².